The maximum Gasteiger partial charge on any atom is 0.433 e. The second-order valence-electron chi connectivity index (χ2n) is 7.61. The van der Waals surface area contributed by atoms with Gasteiger partial charge in [0.25, 0.3) is 0 Å². The highest BCUT2D eigenvalue weighted by atomic mass is 19.4. The first-order chi connectivity index (χ1) is 14.3. The van der Waals surface area contributed by atoms with Crippen molar-refractivity contribution in [3.05, 3.63) is 47.7 Å². The molecular weight excluding hydrogens is 397 g/mol. The predicted octanol–water partition coefficient (Wildman–Crippen LogP) is 3.82. The highest BCUT2D eigenvalue weighted by molar-refractivity contribution is 5.77. The van der Waals surface area contributed by atoms with Gasteiger partial charge in [-0.05, 0) is 38.3 Å². The van der Waals surface area contributed by atoms with Crippen LogP contribution < -0.4 is 0 Å². The number of likely N-dealkylation sites (tertiary alicyclic amines) is 1. The number of nitrogens with zero attached hydrogens (tertiary/aromatic N) is 6. The van der Waals surface area contributed by atoms with Gasteiger partial charge in [-0.1, -0.05) is 6.92 Å². The smallest absolute Gasteiger partial charge is 0.334 e. The minimum atomic E-state index is -4.54. The molecule has 1 aliphatic heterocycles. The minimum absolute atomic E-state index is 0.0594. The van der Waals surface area contributed by atoms with Crippen molar-refractivity contribution in [2.75, 3.05) is 6.54 Å². The molecule has 0 bridgehead atoms. The zero-order valence-corrected chi connectivity index (χ0v) is 16.8. The minimum Gasteiger partial charge on any atom is -0.334 e. The summed E-state index contributed by atoms with van der Waals surface area (Å²) in [6.07, 6.45) is 1.01. The lowest BCUT2D eigenvalue weighted by molar-refractivity contribution is -0.142. The van der Waals surface area contributed by atoms with Gasteiger partial charge in [-0.2, -0.15) is 23.4 Å². The molecule has 0 aromatic carbocycles. The fourth-order valence-electron chi connectivity index (χ4n) is 3.97. The van der Waals surface area contributed by atoms with E-state index in [0.717, 1.165) is 17.0 Å². The number of hydrogen-bond donors (Lipinski definition) is 0. The number of fused-ring (bicyclic) bond motifs is 1. The normalized spacial score (nSPS) is 18.3. The van der Waals surface area contributed by atoms with Crippen LogP contribution in [0.2, 0.25) is 0 Å². The van der Waals surface area contributed by atoms with E-state index in [4.69, 9.17) is 0 Å². The van der Waals surface area contributed by atoms with E-state index in [1.54, 1.807) is 41.0 Å². The molecule has 1 fully saturated rings. The molecule has 10 heteroatoms. The van der Waals surface area contributed by atoms with Gasteiger partial charge >= 0.3 is 6.18 Å². The van der Waals surface area contributed by atoms with Crippen LogP contribution in [0.3, 0.4) is 0 Å². The van der Waals surface area contributed by atoms with Crippen LogP contribution in [0.1, 0.15) is 62.3 Å². The third kappa shape index (κ3) is 3.78. The Bertz CT molecular complexity index is 1040. The Balaban J connectivity index is 1.63. The van der Waals surface area contributed by atoms with Crippen LogP contribution in [-0.4, -0.2) is 41.7 Å². The van der Waals surface area contributed by atoms with Gasteiger partial charge < -0.3 is 4.90 Å². The van der Waals surface area contributed by atoms with Gasteiger partial charge in [0.05, 0.1) is 17.8 Å². The number of rotatable bonds is 5. The van der Waals surface area contributed by atoms with Crippen molar-refractivity contribution in [2.24, 2.45) is 0 Å². The van der Waals surface area contributed by atoms with Crippen molar-refractivity contribution in [2.45, 2.75) is 57.8 Å². The average molecular weight is 420 g/mol. The summed E-state index contributed by atoms with van der Waals surface area (Å²) in [6, 6.07) is 3.94. The fourth-order valence-corrected chi connectivity index (χ4v) is 3.97. The number of halogens is 3. The first-order valence-electron chi connectivity index (χ1n) is 10.0. The summed E-state index contributed by atoms with van der Waals surface area (Å²) < 4.78 is 43.2. The maximum atomic E-state index is 13.5. The van der Waals surface area contributed by atoms with E-state index in [0.29, 0.717) is 30.8 Å². The maximum absolute atomic E-state index is 13.5. The summed E-state index contributed by atoms with van der Waals surface area (Å²) in [6.45, 7) is 4.23. The van der Waals surface area contributed by atoms with E-state index < -0.39 is 11.9 Å². The topological polar surface area (TPSA) is 68.3 Å². The van der Waals surface area contributed by atoms with E-state index in [1.807, 2.05) is 6.92 Å². The Hall–Kier alpha value is -2.91. The molecule has 30 heavy (non-hydrogen) atoms. The Morgan fingerprint density at radius 2 is 2.13 bits per heavy atom. The van der Waals surface area contributed by atoms with E-state index in [1.165, 1.54) is 0 Å². The van der Waals surface area contributed by atoms with Gasteiger partial charge in [-0.3, -0.25) is 9.48 Å². The van der Waals surface area contributed by atoms with Crippen LogP contribution in [0.25, 0.3) is 5.65 Å². The van der Waals surface area contributed by atoms with Crippen LogP contribution >= 0.6 is 0 Å². The van der Waals surface area contributed by atoms with Crippen LogP contribution in [0.15, 0.2) is 30.6 Å². The van der Waals surface area contributed by atoms with E-state index in [-0.39, 0.29) is 30.1 Å². The van der Waals surface area contributed by atoms with Gasteiger partial charge in [0, 0.05) is 37.1 Å². The molecule has 3 aromatic rings. The first kappa shape index (κ1) is 20.4. The number of aromatic nitrogens is 5. The van der Waals surface area contributed by atoms with Gasteiger partial charge in [-0.15, -0.1) is 0 Å². The lowest BCUT2D eigenvalue weighted by Crippen LogP contribution is -2.32. The van der Waals surface area contributed by atoms with Crippen LogP contribution in [0, 0.1) is 0 Å². The van der Waals surface area contributed by atoms with E-state index >= 15 is 0 Å². The number of hydrogen-bond acceptors (Lipinski definition) is 4. The zero-order chi connectivity index (χ0) is 21.5. The van der Waals surface area contributed by atoms with Crippen LogP contribution in [-0.2, 0) is 17.4 Å². The van der Waals surface area contributed by atoms with Gasteiger partial charge in [-0.25, -0.2) is 9.50 Å². The number of alkyl halides is 3. The molecule has 2 atom stereocenters. The monoisotopic (exact) mass is 420 g/mol. The SMILES string of the molecule is CCc1cc(C(F)(F)F)n2nc(C3CCCN3C(=O)CC(C)n3cccn3)cc2n1. The summed E-state index contributed by atoms with van der Waals surface area (Å²) in [4.78, 5) is 18.9. The molecule has 1 saturated heterocycles. The van der Waals surface area contributed by atoms with Crippen molar-refractivity contribution < 1.29 is 18.0 Å². The number of aryl methyl sites for hydroxylation is 1. The molecule has 0 radical (unpaired) electrons. The molecule has 160 valence electrons. The Morgan fingerprint density at radius 1 is 1.33 bits per heavy atom. The number of amides is 1. The highest BCUT2D eigenvalue weighted by Crippen LogP contribution is 2.35. The molecule has 1 amide bonds. The molecule has 0 saturated carbocycles. The summed E-state index contributed by atoms with van der Waals surface area (Å²) in [5.41, 5.74) is 0.104. The molecular formula is C20H23F3N6O. The molecule has 0 N–H and O–H groups in total. The third-order valence-electron chi connectivity index (χ3n) is 5.51. The Morgan fingerprint density at radius 3 is 2.80 bits per heavy atom. The van der Waals surface area contributed by atoms with E-state index in [9.17, 15) is 18.0 Å². The molecule has 4 rings (SSSR count). The zero-order valence-electron chi connectivity index (χ0n) is 16.8. The fraction of sp³-hybridized carbons (Fsp3) is 0.500. The Labute approximate surface area is 171 Å². The van der Waals surface area contributed by atoms with Crippen molar-refractivity contribution in [3.8, 4) is 0 Å². The van der Waals surface area contributed by atoms with Gasteiger partial charge in [0.2, 0.25) is 5.91 Å². The quantitative estimate of drug-likeness (QED) is 0.629. The van der Waals surface area contributed by atoms with Gasteiger partial charge in [0.1, 0.15) is 5.69 Å². The predicted molar refractivity (Wildman–Crippen MR) is 103 cm³/mol. The summed E-state index contributed by atoms with van der Waals surface area (Å²) >= 11 is 0. The molecule has 3 aromatic heterocycles. The summed E-state index contributed by atoms with van der Waals surface area (Å²) in [7, 11) is 0. The standard InChI is InChI=1S/C20H23F3N6O/c1-3-14-11-17(20(21,22)23)29-18(25-14)12-15(26-29)16-6-4-8-27(16)19(30)10-13(2)28-9-5-7-24-28/h5,7,9,11-13,16H,3-4,6,8,10H2,1-2H3. The largest absolute Gasteiger partial charge is 0.433 e. The van der Waals surface area contributed by atoms with Gasteiger partial charge in [0.15, 0.2) is 5.65 Å². The third-order valence-corrected chi connectivity index (χ3v) is 5.51. The van der Waals surface area contributed by atoms with E-state index in [2.05, 4.69) is 15.2 Å². The summed E-state index contributed by atoms with van der Waals surface area (Å²) in [5, 5.41) is 8.39. The number of carbonyl (C=O) groups excluding carboxylic acids is 1. The van der Waals surface area contributed by atoms with Crippen molar-refractivity contribution >= 4 is 11.6 Å². The summed E-state index contributed by atoms with van der Waals surface area (Å²) in [5.74, 6) is -0.0594. The van der Waals surface area contributed by atoms with Crippen molar-refractivity contribution in [1.82, 2.24) is 29.3 Å². The lowest BCUT2D eigenvalue weighted by atomic mass is 10.1. The second kappa shape index (κ2) is 7.73. The van der Waals surface area contributed by atoms with Crippen LogP contribution in [0.4, 0.5) is 13.2 Å². The lowest BCUT2D eigenvalue weighted by Gasteiger charge is -2.25. The second-order valence-corrected chi connectivity index (χ2v) is 7.61. The number of carbonyl (C=O) groups is 1. The molecule has 7 nitrogen and oxygen atoms in total. The van der Waals surface area contributed by atoms with Crippen molar-refractivity contribution in [1.29, 1.82) is 0 Å². The molecule has 0 aliphatic carbocycles. The molecule has 0 spiro atoms. The Kier molecular flexibility index (Phi) is 5.25. The van der Waals surface area contributed by atoms with Crippen LogP contribution in [0.5, 0.6) is 0 Å². The van der Waals surface area contributed by atoms with Crippen molar-refractivity contribution in [3.63, 3.8) is 0 Å². The average Bonchev–Trinajstić information content (AvgIpc) is 3.45. The molecule has 4 heterocycles. The first-order valence-corrected chi connectivity index (χ1v) is 10.0. The highest BCUT2D eigenvalue weighted by Gasteiger charge is 2.37. The molecule has 1 aliphatic rings. The molecule has 2 unspecified atom stereocenters.